The first-order valence-electron chi connectivity index (χ1n) is 11.0. The maximum Gasteiger partial charge on any atom is 0.184 e. The third kappa shape index (κ3) is 4.07. The molecule has 0 saturated carbocycles. The number of aromatic nitrogens is 3. The molecule has 0 spiro atoms. The number of ketones is 1. The van der Waals surface area contributed by atoms with E-state index < -0.39 is 0 Å². The summed E-state index contributed by atoms with van der Waals surface area (Å²) in [6.07, 6.45) is 7.81. The summed E-state index contributed by atoms with van der Waals surface area (Å²) in [5, 5.41) is 9.01. The summed E-state index contributed by atoms with van der Waals surface area (Å²) in [5.41, 5.74) is 1.46. The van der Waals surface area contributed by atoms with Crippen molar-refractivity contribution in [2.75, 3.05) is 31.1 Å². The number of piperidine rings is 1. The molecule has 152 valence electrons. The molecule has 4 rings (SSSR count). The van der Waals surface area contributed by atoms with E-state index >= 15 is 0 Å². The van der Waals surface area contributed by atoms with Crippen LogP contribution in [-0.2, 0) is 0 Å². The lowest BCUT2D eigenvalue weighted by Crippen LogP contribution is -2.29. The standard InChI is InChI=1S/C22H33N5O/c1-16(2)27-22-18(7-8-20(24-22)26-13-5-3-4-6-14-26)21(25-27)19(28)15-17-9-11-23-12-10-17/h7-8,16-17,23H,3-6,9-15H2,1-2H3. The molecule has 1 N–H and O–H groups in total. The second kappa shape index (κ2) is 8.60. The number of nitrogens with zero attached hydrogens (tertiary/aromatic N) is 4. The SMILES string of the molecule is CC(C)n1nc(C(=O)CC2CCNCC2)c2ccc(N3CCCCCC3)nc21. The first-order valence-corrected chi connectivity index (χ1v) is 11.0. The number of carbonyl (C=O) groups is 1. The Balaban J connectivity index is 1.64. The Labute approximate surface area is 167 Å². The predicted octanol–water partition coefficient (Wildman–Crippen LogP) is 3.97. The average molecular weight is 384 g/mol. The monoisotopic (exact) mass is 383 g/mol. The van der Waals surface area contributed by atoms with Crippen molar-refractivity contribution in [3.05, 3.63) is 17.8 Å². The van der Waals surface area contributed by atoms with Gasteiger partial charge in [-0.25, -0.2) is 9.67 Å². The molecule has 6 nitrogen and oxygen atoms in total. The van der Waals surface area contributed by atoms with Crippen LogP contribution in [0.4, 0.5) is 5.82 Å². The number of hydrogen-bond donors (Lipinski definition) is 1. The summed E-state index contributed by atoms with van der Waals surface area (Å²) < 4.78 is 1.94. The van der Waals surface area contributed by atoms with Crippen LogP contribution in [0, 0.1) is 5.92 Å². The summed E-state index contributed by atoms with van der Waals surface area (Å²) in [7, 11) is 0. The van der Waals surface area contributed by atoms with Crippen molar-refractivity contribution in [3.8, 4) is 0 Å². The van der Waals surface area contributed by atoms with E-state index in [1.54, 1.807) is 0 Å². The number of nitrogens with one attached hydrogen (secondary N) is 1. The molecule has 2 aliphatic rings. The Kier molecular flexibility index (Phi) is 5.95. The van der Waals surface area contributed by atoms with Gasteiger partial charge in [-0.15, -0.1) is 0 Å². The van der Waals surface area contributed by atoms with Crippen molar-refractivity contribution in [1.82, 2.24) is 20.1 Å². The minimum atomic E-state index is 0.167. The van der Waals surface area contributed by atoms with Gasteiger partial charge in [0, 0.05) is 25.6 Å². The zero-order chi connectivity index (χ0) is 19.5. The van der Waals surface area contributed by atoms with Crippen LogP contribution in [-0.4, -0.2) is 46.7 Å². The molecule has 2 fully saturated rings. The first kappa shape index (κ1) is 19.4. The highest BCUT2D eigenvalue weighted by molar-refractivity contribution is 6.05. The fourth-order valence-electron chi connectivity index (χ4n) is 4.49. The Morgan fingerprint density at radius 1 is 1.14 bits per heavy atom. The largest absolute Gasteiger partial charge is 0.357 e. The molecule has 0 bridgehead atoms. The lowest BCUT2D eigenvalue weighted by atomic mass is 9.91. The summed E-state index contributed by atoms with van der Waals surface area (Å²) in [4.78, 5) is 20.4. The van der Waals surface area contributed by atoms with E-state index in [0.29, 0.717) is 18.0 Å². The first-order chi connectivity index (χ1) is 13.6. The van der Waals surface area contributed by atoms with Crippen molar-refractivity contribution >= 4 is 22.6 Å². The Bertz CT molecular complexity index is 814. The molecule has 0 unspecified atom stereocenters. The van der Waals surface area contributed by atoms with Gasteiger partial charge in [0.2, 0.25) is 0 Å². The second-order valence-corrected chi connectivity index (χ2v) is 8.65. The average Bonchev–Trinajstić information content (AvgIpc) is 2.88. The zero-order valence-electron chi connectivity index (χ0n) is 17.3. The lowest BCUT2D eigenvalue weighted by Gasteiger charge is -2.21. The summed E-state index contributed by atoms with van der Waals surface area (Å²) >= 11 is 0. The van der Waals surface area contributed by atoms with Crippen LogP contribution in [0.15, 0.2) is 12.1 Å². The summed E-state index contributed by atoms with van der Waals surface area (Å²) in [6.45, 7) is 8.37. The maximum atomic E-state index is 13.1. The smallest absolute Gasteiger partial charge is 0.184 e. The molecule has 0 atom stereocenters. The van der Waals surface area contributed by atoms with Crippen LogP contribution in [0.3, 0.4) is 0 Å². The number of Topliss-reactive ketones (excluding diaryl/α,β-unsaturated/α-hetero) is 1. The van der Waals surface area contributed by atoms with E-state index in [4.69, 9.17) is 10.1 Å². The fraction of sp³-hybridized carbons (Fsp3) is 0.682. The molecule has 4 heterocycles. The van der Waals surface area contributed by atoms with E-state index in [2.05, 4.69) is 36.2 Å². The number of hydrogen-bond acceptors (Lipinski definition) is 5. The van der Waals surface area contributed by atoms with Gasteiger partial charge in [-0.2, -0.15) is 5.10 Å². The Morgan fingerprint density at radius 2 is 1.86 bits per heavy atom. The number of anilines is 1. The number of pyridine rings is 1. The number of fused-ring (bicyclic) bond motifs is 1. The summed E-state index contributed by atoms with van der Waals surface area (Å²) in [5.74, 6) is 1.66. The van der Waals surface area contributed by atoms with Gasteiger partial charge >= 0.3 is 0 Å². The van der Waals surface area contributed by atoms with Crippen molar-refractivity contribution in [2.24, 2.45) is 5.92 Å². The highest BCUT2D eigenvalue weighted by Crippen LogP contribution is 2.27. The minimum Gasteiger partial charge on any atom is -0.357 e. The maximum absolute atomic E-state index is 13.1. The molecule has 0 radical (unpaired) electrons. The molecular formula is C22H33N5O. The molecular weight excluding hydrogens is 350 g/mol. The van der Waals surface area contributed by atoms with E-state index in [1.165, 1.54) is 25.7 Å². The fourth-order valence-corrected chi connectivity index (χ4v) is 4.49. The Morgan fingerprint density at radius 3 is 2.54 bits per heavy atom. The van der Waals surface area contributed by atoms with Crippen LogP contribution in [0.25, 0.3) is 11.0 Å². The lowest BCUT2D eigenvalue weighted by molar-refractivity contribution is 0.0948. The van der Waals surface area contributed by atoms with Crippen molar-refractivity contribution in [3.63, 3.8) is 0 Å². The van der Waals surface area contributed by atoms with E-state index in [9.17, 15) is 4.79 Å². The van der Waals surface area contributed by atoms with E-state index in [-0.39, 0.29) is 11.8 Å². The predicted molar refractivity (Wildman–Crippen MR) is 113 cm³/mol. The Hall–Kier alpha value is -1.95. The van der Waals surface area contributed by atoms with Gasteiger partial charge in [-0.1, -0.05) is 12.8 Å². The molecule has 0 amide bonds. The minimum absolute atomic E-state index is 0.167. The zero-order valence-corrected chi connectivity index (χ0v) is 17.3. The number of rotatable bonds is 5. The van der Waals surface area contributed by atoms with Gasteiger partial charge in [-0.3, -0.25) is 4.79 Å². The topological polar surface area (TPSA) is 63.1 Å². The van der Waals surface area contributed by atoms with Crippen molar-refractivity contribution < 1.29 is 4.79 Å². The van der Waals surface area contributed by atoms with Gasteiger partial charge in [0.25, 0.3) is 0 Å². The van der Waals surface area contributed by atoms with Crippen LogP contribution in [0.5, 0.6) is 0 Å². The van der Waals surface area contributed by atoms with E-state index in [1.807, 2.05) is 4.68 Å². The van der Waals surface area contributed by atoms with Crippen LogP contribution in [0.2, 0.25) is 0 Å². The van der Waals surface area contributed by atoms with Crippen molar-refractivity contribution in [1.29, 1.82) is 0 Å². The molecule has 2 aromatic heterocycles. The third-order valence-electron chi connectivity index (χ3n) is 6.16. The van der Waals surface area contributed by atoms with Crippen LogP contribution in [0.1, 0.15) is 75.3 Å². The molecule has 28 heavy (non-hydrogen) atoms. The highest BCUT2D eigenvalue weighted by Gasteiger charge is 2.24. The molecule has 2 aliphatic heterocycles. The number of carbonyl (C=O) groups excluding carboxylic acids is 1. The van der Waals surface area contributed by atoms with Crippen LogP contribution >= 0.6 is 0 Å². The summed E-state index contributed by atoms with van der Waals surface area (Å²) in [6, 6.07) is 4.33. The van der Waals surface area contributed by atoms with Gasteiger partial charge in [0.1, 0.15) is 11.5 Å². The second-order valence-electron chi connectivity index (χ2n) is 8.65. The molecule has 2 aromatic rings. The normalized spacial score (nSPS) is 19.3. The van der Waals surface area contributed by atoms with Crippen LogP contribution < -0.4 is 10.2 Å². The van der Waals surface area contributed by atoms with E-state index in [0.717, 1.165) is 55.9 Å². The van der Waals surface area contributed by atoms with Gasteiger partial charge < -0.3 is 10.2 Å². The molecule has 2 saturated heterocycles. The van der Waals surface area contributed by atoms with Crippen molar-refractivity contribution in [2.45, 2.75) is 64.8 Å². The van der Waals surface area contributed by atoms with Gasteiger partial charge in [-0.05, 0) is 70.7 Å². The van der Waals surface area contributed by atoms with Gasteiger partial charge in [0.05, 0.1) is 5.39 Å². The molecule has 0 aromatic carbocycles. The third-order valence-corrected chi connectivity index (χ3v) is 6.16. The molecule has 0 aliphatic carbocycles. The van der Waals surface area contributed by atoms with Gasteiger partial charge in [0.15, 0.2) is 11.4 Å². The molecule has 6 heteroatoms. The quantitative estimate of drug-likeness (QED) is 0.792. The highest BCUT2D eigenvalue weighted by atomic mass is 16.1.